The van der Waals surface area contributed by atoms with Crippen molar-refractivity contribution < 1.29 is 68.4 Å². The van der Waals surface area contributed by atoms with Gasteiger partial charge in [0.1, 0.15) is 36.3 Å². The van der Waals surface area contributed by atoms with Crippen LogP contribution < -0.4 is 21.5 Å². The highest BCUT2D eigenvalue weighted by molar-refractivity contribution is 5.98. The largest absolute Gasteiger partial charge is 0.458 e. The molecule has 71 heavy (non-hydrogen) atoms. The number of amides is 6. The van der Waals surface area contributed by atoms with Gasteiger partial charge in [-0.1, -0.05) is 53.7 Å². The first-order valence-corrected chi connectivity index (χ1v) is 24.9. The molecular formula is C49H80N8O14. The van der Waals surface area contributed by atoms with E-state index in [1.165, 1.54) is 34.7 Å². The number of esters is 1. The van der Waals surface area contributed by atoms with Gasteiger partial charge in [-0.15, -0.1) is 0 Å². The fraction of sp³-hybridized carbons (Fsp3) is 0.755. The number of ketones is 1. The van der Waals surface area contributed by atoms with Gasteiger partial charge in [0.25, 0.3) is 23.6 Å². The van der Waals surface area contributed by atoms with Gasteiger partial charge >= 0.3 is 5.97 Å². The molecule has 8 N–H and O–H groups in total. The Hall–Kier alpha value is -4.84. The molecule has 13 atom stereocenters. The van der Waals surface area contributed by atoms with Crippen molar-refractivity contribution in [3.63, 3.8) is 0 Å². The Labute approximate surface area is 417 Å². The summed E-state index contributed by atoms with van der Waals surface area (Å²) in [5, 5.41) is 54.0. The molecule has 1 unspecified atom stereocenters. The Bertz CT molecular complexity index is 2060. The van der Waals surface area contributed by atoms with Crippen LogP contribution in [0.5, 0.6) is 0 Å². The minimum atomic E-state index is -2.85. The average molecular weight is 1010 g/mol. The zero-order chi connectivity index (χ0) is 53.6. The third kappa shape index (κ3) is 13.0. The lowest BCUT2D eigenvalue weighted by Gasteiger charge is -2.48. The summed E-state index contributed by atoms with van der Waals surface area (Å²) in [5.41, 5.74) is 4.03. The van der Waals surface area contributed by atoms with Crippen LogP contribution in [0.15, 0.2) is 23.3 Å². The van der Waals surface area contributed by atoms with E-state index >= 15 is 4.79 Å². The molecular weight excluding hydrogens is 925 g/mol. The number of hydrogen-bond acceptors (Lipinski definition) is 16. The van der Waals surface area contributed by atoms with Crippen LogP contribution in [0.1, 0.15) is 128 Å². The van der Waals surface area contributed by atoms with Gasteiger partial charge in [-0.3, -0.25) is 48.8 Å². The predicted octanol–water partition coefficient (Wildman–Crippen LogP) is 0.761. The summed E-state index contributed by atoms with van der Waals surface area (Å²) < 4.78 is 12.2. The normalized spacial score (nSPS) is 32.5. The van der Waals surface area contributed by atoms with Crippen LogP contribution in [-0.2, 0) is 47.8 Å². The van der Waals surface area contributed by atoms with Crippen LogP contribution in [0.25, 0.3) is 0 Å². The molecule has 0 bridgehead atoms. The first-order valence-electron chi connectivity index (χ1n) is 24.9. The smallest absolute Gasteiger partial charge is 0.331 e. The fourth-order valence-electron chi connectivity index (χ4n) is 9.58. The van der Waals surface area contributed by atoms with E-state index in [1.54, 1.807) is 39.8 Å². The zero-order valence-electron chi connectivity index (χ0n) is 43.7. The molecule has 4 rings (SSSR count). The molecule has 0 radical (unpaired) electrons. The van der Waals surface area contributed by atoms with Gasteiger partial charge in [0, 0.05) is 32.5 Å². The van der Waals surface area contributed by atoms with E-state index in [4.69, 9.17) is 9.47 Å². The van der Waals surface area contributed by atoms with Gasteiger partial charge in [0.2, 0.25) is 17.6 Å². The highest BCUT2D eigenvalue weighted by Gasteiger charge is 2.58. The second kappa shape index (κ2) is 24.3. The van der Waals surface area contributed by atoms with Gasteiger partial charge in [-0.2, -0.15) is 0 Å². The first-order chi connectivity index (χ1) is 33.0. The summed E-state index contributed by atoms with van der Waals surface area (Å²) in [7, 11) is 1.33. The van der Waals surface area contributed by atoms with Crippen molar-refractivity contribution in [2.75, 3.05) is 20.1 Å². The van der Waals surface area contributed by atoms with Gasteiger partial charge in [0.15, 0.2) is 17.4 Å². The predicted molar refractivity (Wildman–Crippen MR) is 256 cm³/mol. The molecule has 22 nitrogen and oxygen atoms in total. The molecule has 4 heterocycles. The van der Waals surface area contributed by atoms with Crippen molar-refractivity contribution in [2.24, 2.45) is 23.7 Å². The van der Waals surface area contributed by atoms with E-state index in [-0.39, 0.29) is 74.3 Å². The van der Waals surface area contributed by atoms with E-state index < -0.39 is 119 Å². The monoisotopic (exact) mass is 1000 g/mol. The van der Waals surface area contributed by atoms with Gasteiger partial charge < -0.3 is 40.3 Å². The molecule has 0 aromatic carbocycles. The van der Waals surface area contributed by atoms with Crippen molar-refractivity contribution in [1.29, 1.82) is 0 Å². The van der Waals surface area contributed by atoms with Gasteiger partial charge in [-0.25, -0.2) is 20.7 Å². The number of rotatable bonds is 11. The quantitative estimate of drug-likeness (QED) is 0.0614. The summed E-state index contributed by atoms with van der Waals surface area (Å²) in [5.74, 6) is -11.9. The maximum atomic E-state index is 15.2. The second-order valence-electron chi connectivity index (χ2n) is 20.8. The topological polar surface area (TPSA) is 297 Å². The lowest BCUT2D eigenvalue weighted by Crippen LogP contribution is -2.70. The number of hydroxylamine groups is 2. The number of fused-ring (bicyclic) bond motifs is 2. The zero-order valence-corrected chi connectivity index (χ0v) is 43.7. The number of carbonyl (C=O) groups excluding carboxylic acids is 8. The number of carbonyl (C=O) groups is 8. The number of allylic oxidation sites excluding steroid dienone is 3. The maximum Gasteiger partial charge on any atom is 0.331 e. The maximum absolute atomic E-state index is 15.2. The van der Waals surface area contributed by atoms with Crippen molar-refractivity contribution in [3.8, 4) is 0 Å². The third-order valence-electron chi connectivity index (χ3n) is 14.3. The van der Waals surface area contributed by atoms with Crippen molar-refractivity contribution in [1.82, 2.24) is 41.5 Å². The van der Waals surface area contributed by atoms with Crippen LogP contribution >= 0.6 is 0 Å². The molecule has 0 saturated carbocycles. The first kappa shape index (κ1) is 58.7. The Morgan fingerprint density at radius 2 is 1.48 bits per heavy atom. The minimum absolute atomic E-state index is 0.0684. The molecule has 22 heteroatoms. The van der Waals surface area contributed by atoms with E-state index in [0.29, 0.717) is 17.6 Å². The molecule has 4 saturated heterocycles. The lowest BCUT2D eigenvalue weighted by molar-refractivity contribution is -0.321. The van der Waals surface area contributed by atoms with Crippen molar-refractivity contribution in [2.45, 2.75) is 194 Å². The Kier molecular flexibility index (Phi) is 20.1. The SMILES string of the molecule is C/C=C(\C)C(=O)[C@@H](C)/C=C(\C)[C@H]1O[C@@](O)([C@](C)(O)C(=O)N[C@@H]2C(=O)N3NCCC[C@@H]3C(=O)N(O)[C@@H](C)C(=O)N(C)[C@H](CC(C)C)C(=O)N3NCCC[C@H]3C(=O)N[C@H](C(C)O)C(=O)O[C@H]2C(C)C)CC[C@@H]1C. The van der Waals surface area contributed by atoms with Crippen LogP contribution in [0.3, 0.4) is 0 Å². The van der Waals surface area contributed by atoms with Crippen LogP contribution in [0.2, 0.25) is 0 Å². The standard InChI is InChI=1S/C49H80N8O14/c1-14-27(6)38(59)29(8)24-30(9)40-28(7)19-20-49(68,71-40)48(12,67)47(66)53-37-39(26(4)5)70-46(65)36(32(11)58)52-41(60)33-17-15-21-50-55(33)43(62)35(23-25(2)3)54(13)42(61)31(10)57(69)44(63)34-18-16-22-51-56(34)45(37)64/h14,24-26,28-29,31-37,39-40,50-51,58,67-69H,15-23H2,1-13H3,(H,52,60)(H,53,66)/b27-14+,30-24+/t28-,29-,31-,32?,33-,34+,35+,36+,37-,39-,40-,48+,49+/m0/s1. The number of nitrogens with zero attached hydrogens (tertiary/aromatic N) is 4. The second-order valence-corrected chi connectivity index (χ2v) is 20.8. The highest BCUT2D eigenvalue weighted by Crippen LogP contribution is 2.41. The molecule has 0 aromatic rings. The number of likely N-dealkylation sites (N-methyl/N-ethyl adjacent to an activating group) is 1. The van der Waals surface area contributed by atoms with E-state index in [9.17, 15) is 54.1 Å². The summed E-state index contributed by atoms with van der Waals surface area (Å²) in [6.45, 7) is 19.2. The number of nitrogens with one attached hydrogen (secondary N) is 4. The molecule has 0 spiro atoms. The van der Waals surface area contributed by atoms with E-state index in [1.807, 2.05) is 20.8 Å². The van der Waals surface area contributed by atoms with Gasteiger partial charge in [0.05, 0.1) is 12.2 Å². The Balaban J connectivity index is 1.85. The molecule has 0 aliphatic carbocycles. The molecule has 6 amide bonds. The number of ether oxygens (including phenoxy) is 2. The number of Topliss-reactive ketones (excluding diaryl/α,β-unsaturated/α-hetero) is 1. The molecule has 4 aliphatic heterocycles. The van der Waals surface area contributed by atoms with Crippen molar-refractivity contribution in [3.05, 3.63) is 23.3 Å². The number of cyclic esters (lactones) is 1. The molecule has 4 aliphatic rings. The molecule has 4 fully saturated rings. The van der Waals surface area contributed by atoms with E-state index in [2.05, 4.69) is 21.5 Å². The van der Waals surface area contributed by atoms with Gasteiger partial charge in [-0.05, 0) is 109 Å². The fourth-order valence-corrected chi connectivity index (χ4v) is 9.58. The summed E-state index contributed by atoms with van der Waals surface area (Å²) in [4.78, 5) is 116. The molecule has 0 aromatic heterocycles. The highest BCUT2D eigenvalue weighted by atomic mass is 16.6. The minimum Gasteiger partial charge on any atom is -0.458 e. The Morgan fingerprint density at radius 1 is 0.901 bits per heavy atom. The lowest BCUT2D eigenvalue weighted by atomic mass is 9.80. The number of hydrazine groups is 2. The average Bonchev–Trinajstić information content (AvgIpc) is 3.33. The number of hydrogen-bond donors (Lipinski definition) is 8. The van der Waals surface area contributed by atoms with Crippen LogP contribution in [0.4, 0.5) is 0 Å². The van der Waals surface area contributed by atoms with Crippen LogP contribution in [0, 0.1) is 23.7 Å². The summed E-state index contributed by atoms with van der Waals surface area (Å²) >= 11 is 0. The summed E-state index contributed by atoms with van der Waals surface area (Å²) in [6, 6.07) is -9.45. The van der Waals surface area contributed by atoms with E-state index in [0.717, 1.165) is 21.8 Å². The number of aliphatic hydroxyl groups excluding tert-OH is 1. The van der Waals surface area contributed by atoms with Crippen molar-refractivity contribution >= 4 is 47.2 Å². The Morgan fingerprint density at radius 3 is 2.03 bits per heavy atom. The third-order valence-corrected chi connectivity index (χ3v) is 14.3. The number of aliphatic hydroxyl groups is 3. The molecule has 400 valence electrons. The summed E-state index contributed by atoms with van der Waals surface area (Å²) in [6.07, 6.45) is 0.00218. The van der Waals surface area contributed by atoms with Crippen LogP contribution in [-0.4, -0.2) is 174 Å².